The van der Waals surface area contributed by atoms with Gasteiger partial charge >= 0.3 is 11.6 Å². The van der Waals surface area contributed by atoms with Crippen molar-refractivity contribution in [2.45, 2.75) is 11.5 Å². The van der Waals surface area contributed by atoms with Crippen molar-refractivity contribution in [3.63, 3.8) is 0 Å². The standard InChI is InChI=1S/C10H12N6O5S/c1-13-7(11-3-9(13)15(17)18)5-22(21)6-8-12-4-10(14(8)2)16(19)20/h3-4H,5-6H2,1-2H3. The van der Waals surface area contributed by atoms with E-state index in [0.29, 0.717) is 11.6 Å². The molecule has 0 amide bonds. The van der Waals surface area contributed by atoms with Gasteiger partial charge < -0.3 is 20.2 Å². The van der Waals surface area contributed by atoms with Crippen molar-refractivity contribution in [2.24, 2.45) is 14.1 Å². The average molecular weight is 328 g/mol. The van der Waals surface area contributed by atoms with E-state index < -0.39 is 20.6 Å². The van der Waals surface area contributed by atoms with E-state index in [1.165, 1.54) is 23.2 Å². The molecule has 2 rings (SSSR count). The third kappa shape index (κ3) is 3.00. The van der Waals surface area contributed by atoms with Crippen LogP contribution in [0.5, 0.6) is 0 Å². The van der Waals surface area contributed by atoms with E-state index in [-0.39, 0.29) is 23.1 Å². The summed E-state index contributed by atoms with van der Waals surface area (Å²) in [5.41, 5.74) is 0. The molecule has 0 aliphatic carbocycles. The average Bonchev–Trinajstić information content (AvgIpc) is 2.95. The van der Waals surface area contributed by atoms with Crippen LogP contribution in [0.4, 0.5) is 11.6 Å². The van der Waals surface area contributed by atoms with Gasteiger partial charge in [-0.2, -0.15) is 0 Å². The molecule has 0 aliphatic rings. The Morgan fingerprint density at radius 1 is 1.00 bits per heavy atom. The highest BCUT2D eigenvalue weighted by Crippen LogP contribution is 2.16. The fraction of sp³-hybridized carbons (Fsp3) is 0.400. The second-order valence-corrected chi connectivity index (χ2v) is 5.88. The fourth-order valence-corrected chi connectivity index (χ4v) is 3.04. The van der Waals surface area contributed by atoms with Crippen LogP contribution in [0.2, 0.25) is 0 Å². The summed E-state index contributed by atoms with van der Waals surface area (Å²) in [4.78, 5) is 28.0. The lowest BCUT2D eigenvalue weighted by atomic mass is 10.7. The van der Waals surface area contributed by atoms with Gasteiger partial charge in [-0.1, -0.05) is 0 Å². The summed E-state index contributed by atoms with van der Waals surface area (Å²) < 4.78 is 14.6. The Balaban J connectivity index is 2.11. The highest BCUT2D eigenvalue weighted by molar-refractivity contribution is 7.83. The van der Waals surface area contributed by atoms with Crippen molar-refractivity contribution in [1.82, 2.24) is 19.1 Å². The fourth-order valence-electron chi connectivity index (χ4n) is 1.82. The van der Waals surface area contributed by atoms with Crippen LogP contribution in [0.25, 0.3) is 0 Å². The quantitative estimate of drug-likeness (QED) is 0.553. The first kappa shape index (κ1) is 15.8. The van der Waals surface area contributed by atoms with E-state index in [2.05, 4.69) is 9.97 Å². The van der Waals surface area contributed by atoms with Gasteiger partial charge in [0, 0.05) is 10.8 Å². The van der Waals surface area contributed by atoms with Crippen molar-refractivity contribution in [3.05, 3.63) is 44.3 Å². The van der Waals surface area contributed by atoms with Crippen molar-refractivity contribution < 1.29 is 14.1 Å². The maximum Gasteiger partial charge on any atom is 0.342 e. The van der Waals surface area contributed by atoms with Crippen LogP contribution in [-0.2, 0) is 36.4 Å². The van der Waals surface area contributed by atoms with Crippen molar-refractivity contribution in [1.29, 1.82) is 0 Å². The Bertz CT molecular complexity index is 704. The Morgan fingerprint density at radius 2 is 1.36 bits per heavy atom. The lowest BCUT2D eigenvalue weighted by molar-refractivity contribution is -0.392. The summed E-state index contributed by atoms with van der Waals surface area (Å²) in [6, 6.07) is 0. The molecule has 2 heterocycles. The Kier molecular flexibility index (Phi) is 4.30. The van der Waals surface area contributed by atoms with E-state index in [1.54, 1.807) is 0 Å². The SMILES string of the molecule is Cn1c([N+](=O)[O-])cnc1CS(=O)Cc1ncc([N+](=O)[O-])n1C. The molecular weight excluding hydrogens is 316 g/mol. The lowest BCUT2D eigenvalue weighted by Gasteiger charge is -2.00. The minimum Gasteiger partial charge on any atom is -0.358 e. The minimum atomic E-state index is -1.45. The number of hydrogen-bond donors (Lipinski definition) is 0. The van der Waals surface area contributed by atoms with Gasteiger partial charge in [0.1, 0.15) is 23.9 Å². The monoisotopic (exact) mass is 328 g/mol. The third-order valence-corrected chi connectivity index (χ3v) is 4.23. The van der Waals surface area contributed by atoms with Gasteiger partial charge in [-0.15, -0.1) is 0 Å². The maximum atomic E-state index is 12.1. The van der Waals surface area contributed by atoms with Gasteiger partial charge in [0.15, 0.2) is 0 Å². The molecule has 22 heavy (non-hydrogen) atoms. The molecule has 0 saturated carbocycles. The number of nitro groups is 2. The van der Waals surface area contributed by atoms with Gasteiger partial charge in [-0.05, 0) is 9.85 Å². The smallest absolute Gasteiger partial charge is 0.342 e. The Morgan fingerprint density at radius 3 is 1.64 bits per heavy atom. The Labute approximate surface area is 126 Å². The molecule has 11 nitrogen and oxygen atoms in total. The summed E-state index contributed by atoms with van der Waals surface area (Å²) in [6.45, 7) is 0. The molecule has 0 aliphatic heterocycles. The van der Waals surface area contributed by atoms with Crippen LogP contribution in [0.15, 0.2) is 12.4 Å². The zero-order chi connectivity index (χ0) is 16.4. The van der Waals surface area contributed by atoms with Gasteiger partial charge in [-0.3, -0.25) is 4.21 Å². The first-order valence-electron chi connectivity index (χ1n) is 5.96. The van der Waals surface area contributed by atoms with E-state index in [4.69, 9.17) is 0 Å². The molecule has 0 bridgehead atoms. The first-order chi connectivity index (χ1) is 10.3. The molecule has 0 unspecified atom stereocenters. The summed E-state index contributed by atoms with van der Waals surface area (Å²) in [5, 5.41) is 21.4. The van der Waals surface area contributed by atoms with Gasteiger partial charge in [0.05, 0.1) is 14.1 Å². The van der Waals surface area contributed by atoms with E-state index >= 15 is 0 Å². The van der Waals surface area contributed by atoms with Gasteiger partial charge in [-0.25, -0.2) is 19.1 Å². The van der Waals surface area contributed by atoms with Crippen molar-refractivity contribution >= 4 is 22.4 Å². The predicted octanol–water partition coefficient (Wildman–Crippen LogP) is 0.419. The maximum absolute atomic E-state index is 12.1. The summed E-state index contributed by atoms with van der Waals surface area (Å²) >= 11 is 0. The highest BCUT2D eigenvalue weighted by atomic mass is 32.2. The second kappa shape index (κ2) is 6.01. The number of nitrogens with zero attached hydrogens (tertiary/aromatic N) is 6. The number of imidazole rings is 2. The van der Waals surface area contributed by atoms with Crippen LogP contribution in [0.1, 0.15) is 11.6 Å². The molecule has 0 fully saturated rings. The van der Waals surface area contributed by atoms with Crippen LogP contribution in [0.3, 0.4) is 0 Å². The molecular formula is C10H12N6O5S. The Hall–Kier alpha value is -2.63. The lowest BCUT2D eigenvalue weighted by Crippen LogP contribution is -2.09. The molecule has 12 heteroatoms. The topological polar surface area (TPSA) is 139 Å². The van der Waals surface area contributed by atoms with Crippen molar-refractivity contribution in [3.8, 4) is 0 Å². The highest BCUT2D eigenvalue weighted by Gasteiger charge is 2.22. The molecule has 0 spiro atoms. The van der Waals surface area contributed by atoms with Crippen LogP contribution in [-0.4, -0.2) is 33.2 Å². The molecule has 0 N–H and O–H groups in total. The summed E-state index contributed by atoms with van der Waals surface area (Å²) in [5.74, 6) is 0.192. The van der Waals surface area contributed by atoms with Gasteiger partial charge in [0.2, 0.25) is 11.6 Å². The normalized spacial score (nSPS) is 11.0. The molecule has 0 atom stereocenters. The van der Waals surface area contributed by atoms with Crippen LogP contribution in [0, 0.1) is 20.2 Å². The van der Waals surface area contributed by atoms with E-state index in [0.717, 1.165) is 12.4 Å². The zero-order valence-electron chi connectivity index (χ0n) is 11.7. The number of hydrogen-bond acceptors (Lipinski definition) is 7. The number of rotatable bonds is 6. The molecule has 0 aromatic carbocycles. The van der Waals surface area contributed by atoms with Crippen molar-refractivity contribution in [2.75, 3.05) is 0 Å². The van der Waals surface area contributed by atoms with E-state index in [9.17, 15) is 24.4 Å². The summed E-state index contributed by atoms with van der Waals surface area (Å²) in [7, 11) is 1.47. The summed E-state index contributed by atoms with van der Waals surface area (Å²) in [6.07, 6.45) is 2.19. The molecule has 0 saturated heterocycles. The predicted molar refractivity (Wildman–Crippen MR) is 75.3 cm³/mol. The van der Waals surface area contributed by atoms with Crippen LogP contribution >= 0.6 is 0 Å². The van der Waals surface area contributed by atoms with Crippen LogP contribution < -0.4 is 0 Å². The molecule has 2 aromatic rings. The van der Waals surface area contributed by atoms with E-state index in [1.807, 2.05) is 0 Å². The molecule has 118 valence electrons. The third-order valence-electron chi connectivity index (χ3n) is 3.07. The largest absolute Gasteiger partial charge is 0.358 e. The van der Waals surface area contributed by atoms with Gasteiger partial charge in [0.25, 0.3) is 0 Å². The molecule has 2 aromatic heterocycles. The minimum absolute atomic E-state index is 0.00893. The number of aromatic nitrogens is 4. The first-order valence-corrected chi connectivity index (χ1v) is 7.45. The molecule has 0 radical (unpaired) electrons. The second-order valence-electron chi connectivity index (χ2n) is 4.43. The zero-order valence-corrected chi connectivity index (χ0v) is 12.5.